The van der Waals surface area contributed by atoms with Gasteiger partial charge in [0.15, 0.2) is 0 Å². The van der Waals surface area contributed by atoms with E-state index in [2.05, 4.69) is 12.2 Å². The Balaban J connectivity index is 1.87. The molecule has 2 amide bonds. The maximum Gasteiger partial charge on any atom is 0.227 e. The predicted molar refractivity (Wildman–Crippen MR) is 99.8 cm³/mol. The van der Waals surface area contributed by atoms with Crippen LogP contribution in [0.5, 0.6) is 5.75 Å². The molecule has 1 N–H and O–H groups in total. The van der Waals surface area contributed by atoms with Crippen molar-refractivity contribution in [2.24, 2.45) is 5.92 Å². The van der Waals surface area contributed by atoms with Crippen LogP contribution in [0.4, 0.5) is 5.69 Å². The number of carbonyl (C=O) groups excluding carboxylic acids is 2. The van der Waals surface area contributed by atoms with E-state index >= 15 is 0 Å². The number of anilines is 1. The minimum Gasteiger partial charge on any atom is -0.497 e. The molecule has 5 nitrogen and oxygen atoms in total. The van der Waals surface area contributed by atoms with Crippen LogP contribution in [0, 0.1) is 5.92 Å². The minimum atomic E-state index is -0.281. The summed E-state index contributed by atoms with van der Waals surface area (Å²) in [4.78, 5) is 26.5. The molecule has 1 aliphatic rings. The van der Waals surface area contributed by atoms with Gasteiger partial charge in [-0.3, -0.25) is 9.59 Å². The zero-order valence-electron chi connectivity index (χ0n) is 15.6. The Morgan fingerprint density at radius 2 is 2.16 bits per heavy atom. The highest BCUT2D eigenvalue weighted by atomic mass is 16.5. The fourth-order valence-corrected chi connectivity index (χ4v) is 3.22. The number of carbonyl (C=O) groups is 2. The molecule has 2 rings (SSSR count). The molecule has 138 valence electrons. The SMILES string of the molecule is CCCCCC[C@@H](C)NC(=O)[C@@H]1CC(=O)N(c2cccc(OC)c2)C1. The van der Waals surface area contributed by atoms with Crippen LogP contribution in [0.3, 0.4) is 0 Å². The summed E-state index contributed by atoms with van der Waals surface area (Å²) in [6.07, 6.45) is 6.06. The molecule has 0 spiro atoms. The van der Waals surface area contributed by atoms with Crippen LogP contribution in [0.2, 0.25) is 0 Å². The number of hydrogen-bond donors (Lipinski definition) is 1. The monoisotopic (exact) mass is 346 g/mol. The van der Waals surface area contributed by atoms with Crippen LogP contribution in [0.15, 0.2) is 24.3 Å². The summed E-state index contributed by atoms with van der Waals surface area (Å²) in [6, 6.07) is 7.55. The molecule has 2 atom stereocenters. The molecule has 1 aromatic rings. The van der Waals surface area contributed by atoms with Crippen molar-refractivity contribution in [2.75, 3.05) is 18.6 Å². The second-order valence-electron chi connectivity index (χ2n) is 6.87. The fourth-order valence-electron chi connectivity index (χ4n) is 3.22. The highest BCUT2D eigenvalue weighted by Gasteiger charge is 2.35. The van der Waals surface area contributed by atoms with Crippen LogP contribution < -0.4 is 15.0 Å². The fraction of sp³-hybridized carbons (Fsp3) is 0.600. The van der Waals surface area contributed by atoms with Crippen molar-refractivity contribution < 1.29 is 14.3 Å². The van der Waals surface area contributed by atoms with E-state index in [1.54, 1.807) is 12.0 Å². The van der Waals surface area contributed by atoms with Gasteiger partial charge < -0.3 is 15.0 Å². The zero-order valence-corrected chi connectivity index (χ0v) is 15.6. The highest BCUT2D eigenvalue weighted by Crippen LogP contribution is 2.28. The Kier molecular flexibility index (Phi) is 7.29. The van der Waals surface area contributed by atoms with Crippen LogP contribution in [0.25, 0.3) is 0 Å². The first-order chi connectivity index (χ1) is 12.0. The number of hydrogen-bond acceptors (Lipinski definition) is 3. The predicted octanol–water partition coefficient (Wildman–Crippen LogP) is 3.52. The molecule has 5 heteroatoms. The summed E-state index contributed by atoms with van der Waals surface area (Å²) in [5.41, 5.74) is 0.785. The third kappa shape index (κ3) is 5.48. The largest absolute Gasteiger partial charge is 0.497 e. The number of ether oxygens (including phenoxy) is 1. The van der Waals surface area contributed by atoms with Crippen LogP contribution in [0.1, 0.15) is 52.4 Å². The van der Waals surface area contributed by atoms with Gasteiger partial charge in [0.1, 0.15) is 5.75 Å². The standard InChI is InChI=1S/C20H30N2O3/c1-4-5-6-7-9-15(2)21-20(24)16-12-19(23)22(14-16)17-10-8-11-18(13-17)25-3/h8,10-11,13,15-16H,4-7,9,12,14H2,1-3H3,(H,21,24)/t15-,16-/m1/s1. The van der Waals surface area contributed by atoms with Gasteiger partial charge in [-0.2, -0.15) is 0 Å². The molecule has 0 radical (unpaired) electrons. The molecular weight excluding hydrogens is 316 g/mol. The van der Waals surface area contributed by atoms with E-state index in [1.165, 1.54) is 19.3 Å². The van der Waals surface area contributed by atoms with Gasteiger partial charge in [0.05, 0.1) is 13.0 Å². The second-order valence-corrected chi connectivity index (χ2v) is 6.87. The van der Waals surface area contributed by atoms with Gasteiger partial charge in [0, 0.05) is 30.8 Å². The van der Waals surface area contributed by atoms with E-state index in [9.17, 15) is 9.59 Å². The molecule has 1 heterocycles. The highest BCUT2D eigenvalue weighted by molar-refractivity contribution is 6.00. The second kappa shape index (κ2) is 9.44. The summed E-state index contributed by atoms with van der Waals surface area (Å²) < 4.78 is 5.21. The molecule has 1 aromatic carbocycles. The molecule has 1 fully saturated rings. The number of nitrogens with zero attached hydrogens (tertiary/aromatic N) is 1. The molecule has 1 aliphatic heterocycles. The number of rotatable bonds is 9. The number of benzene rings is 1. The average molecular weight is 346 g/mol. The molecule has 0 unspecified atom stereocenters. The topological polar surface area (TPSA) is 58.6 Å². The Hall–Kier alpha value is -2.04. The third-order valence-electron chi connectivity index (χ3n) is 4.74. The van der Waals surface area contributed by atoms with Gasteiger partial charge in [-0.05, 0) is 25.5 Å². The lowest BCUT2D eigenvalue weighted by Gasteiger charge is -2.19. The van der Waals surface area contributed by atoms with Crippen LogP contribution in [-0.4, -0.2) is 31.5 Å². The Morgan fingerprint density at radius 1 is 1.36 bits per heavy atom. The quantitative estimate of drug-likeness (QED) is 0.696. The van der Waals surface area contributed by atoms with E-state index in [1.807, 2.05) is 31.2 Å². The first-order valence-electron chi connectivity index (χ1n) is 9.30. The summed E-state index contributed by atoms with van der Waals surface area (Å²) in [6.45, 7) is 4.66. The Labute approximate surface area is 150 Å². The van der Waals surface area contributed by atoms with E-state index in [-0.39, 0.29) is 30.2 Å². The molecule has 0 aromatic heterocycles. The molecule has 0 bridgehead atoms. The molecule has 0 aliphatic carbocycles. The maximum absolute atomic E-state index is 12.5. The van der Waals surface area contributed by atoms with Gasteiger partial charge >= 0.3 is 0 Å². The van der Waals surface area contributed by atoms with Crippen molar-refractivity contribution in [3.63, 3.8) is 0 Å². The Morgan fingerprint density at radius 3 is 2.88 bits per heavy atom. The third-order valence-corrected chi connectivity index (χ3v) is 4.74. The summed E-state index contributed by atoms with van der Waals surface area (Å²) >= 11 is 0. The Bertz CT molecular complexity index is 588. The van der Waals surface area contributed by atoms with Crippen molar-refractivity contribution in [3.05, 3.63) is 24.3 Å². The van der Waals surface area contributed by atoms with Crippen molar-refractivity contribution >= 4 is 17.5 Å². The number of methoxy groups -OCH3 is 1. The van der Waals surface area contributed by atoms with Crippen molar-refractivity contribution in [1.29, 1.82) is 0 Å². The van der Waals surface area contributed by atoms with Gasteiger partial charge in [0.25, 0.3) is 0 Å². The molecule has 1 saturated heterocycles. The molecule has 25 heavy (non-hydrogen) atoms. The average Bonchev–Trinajstić information content (AvgIpc) is 3.01. The van der Waals surface area contributed by atoms with Gasteiger partial charge in [-0.15, -0.1) is 0 Å². The van der Waals surface area contributed by atoms with E-state index in [0.717, 1.165) is 18.5 Å². The van der Waals surface area contributed by atoms with Crippen LogP contribution in [-0.2, 0) is 9.59 Å². The van der Waals surface area contributed by atoms with Gasteiger partial charge in [0.2, 0.25) is 11.8 Å². The number of nitrogens with one attached hydrogen (secondary N) is 1. The number of unbranched alkanes of at least 4 members (excludes halogenated alkanes) is 3. The molecular formula is C20H30N2O3. The minimum absolute atomic E-state index is 0.0102. The van der Waals surface area contributed by atoms with E-state index in [0.29, 0.717) is 12.3 Å². The zero-order chi connectivity index (χ0) is 18.2. The lowest BCUT2D eigenvalue weighted by Crippen LogP contribution is -2.38. The van der Waals surface area contributed by atoms with Gasteiger partial charge in [-0.25, -0.2) is 0 Å². The van der Waals surface area contributed by atoms with E-state index in [4.69, 9.17) is 4.74 Å². The summed E-state index contributed by atoms with van der Waals surface area (Å²) in [5.74, 6) is 0.404. The van der Waals surface area contributed by atoms with Crippen LogP contribution >= 0.6 is 0 Å². The first-order valence-corrected chi connectivity index (χ1v) is 9.30. The lowest BCUT2D eigenvalue weighted by molar-refractivity contribution is -0.126. The van der Waals surface area contributed by atoms with Crippen molar-refractivity contribution in [2.45, 2.75) is 58.4 Å². The first kappa shape index (κ1) is 19.3. The smallest absolute Gasteiger partial charge is 0.227 e. The lowest BCUT2D eigenvalue weighted by atomic mass is 10.1. The van der Waals surface area contributed by atoms with Gasteiger partial charge in [-0.1, -0.05) is 38.7 Å². The molecule has 0 saturated carbocycles. The van der Waals surface area contributed by atoms with Crippen molar-refractivity contribution in [1.82, 2.24) is 5.32 Å². The van der Waals surface area contributed by atoms with E-state index < -0.39 is 0 Å². The maximum atomic E-state index is 12.5. The normalized spacial score (nSPS) is 18.3. The summed E-state index contributed by atoms with van der Waals surface area (Å²) in [7, 11) is 1.60. The number of amides is 2. The summed E-state index contributed by atoms with van der Waals surface area (Å²) in [5, 5.41) is 3.07. The van der Waals surface area contributed by atoms with Crippen molar-refractivity contribution in [3.8, 4) is 5.75 Å².